The predicted molar refractivity (Wildman–Crippen MR) is 111 cm³/mol. The number of nitrogens with zero attached hydrogens (tertiary/aromatic N) is 2. The summed E-state index contributed by atoms with van der Waals surface area (Å²) in [5.41, 5.74) is 4.36. The summed E-state index contributed by atoms with van der Waals surface area (Å²) in [7, 11) is 1.70. The van der Waals surface area contributed by atoms with Crippen LogP contribution in [0.3, 0.4) is 0 Å². The maximum Gasteiger partial charge on any atom is 0.154 e. The molecule has 2 aromatic rings. The third-order valence-corrected chi connectivity index (χ3v) is 4.71. The summed E-state index contributed by atoms with van der Waals surface area (Å²) in [5, 5.41) is 3.45. The zero-order valence-electron chi connectivity index (χ0n) is 15.6. The zero-order valence-corrected chi connectivity index (χ0v) is 15.6. The number of fused-ring (bicyclic) bond motifs is 1. The molecule has 0 radical (unpaired) electrons. The number of methoxy groups -OCH3 is 1. The molecule has 27 heavy (non-hydrogen) atoms. The Labute approximate surface area is 160 Å². The molecule has 2 aliphatic heterocycles. The van der Waals surface area contributed by atoms with E-state index in [2.05, 4.69) is 46.4 Å². The van der Waals surface area contributed by atoms with Gasteiger partial charge in [0.2, 0.25) is 0 Å². The number of hydrogen-bond donors (Lipinski definition) is 1. The quantitative estimate of drug-likeness (QED) is 0.814. The van der Waals surface area contributed by atoms with E-state index in [-0.39, 0.29) is 0 Å². The number of para-hydroxylation sites is 1. The zero-order chi connectivity index (χ0) is 18.6. The minimum absolute atomic E-state index is 0.427. The number of allylic oxidation sites excluding steroid dienone is 2. The molecule has 2 aromatic carbocycles. The topological polar surface area (TPSA) is 36.9 Å². The van der Waals surface area contributed by atoms with Crippen molar-refractivity contribution in [2.75, 3.05) is 12.4 Å². The molecule has 4 nitrogen and oxygen atoms in total. The Morgan fingerprint density at radius 2 is 1.93 bits per heavy atom. The van der Waals surface area contributed by atoms with Crippen LogP contribution in [0.1, 0.15) is 18.9 Å². The summed E-state index contributed by atoms with van der Waals surface area (Å²) in [4.78, 5) is 6.81. The van der Waals surface area contributed by atoms with E-state index in [1.54, 1.807) is 7.11 Å². The first kappa shape index (κ1) is 17.2. The van der Waals surface area contributed by atoms with Gasteiger partial charge in [-0.05, 0) is 36.6 Å². The van der Waals surface area contributed by atoms with Gasteiger partial charge in [0.15, 0.2) is 5.84 Å². The number of aliphatic imine (C=N–C) groups is 1. The highest BCUT2D eigenvalue weighted by molar-refractivity contribution is 6.09. The second-order valence-corrected chi connectivity index (χ2v) is 6.72. The molecule has 0 aliphatic carbocycles. The van der Waals surface area contributed by atoms with E-state index >= 15 is 0 Å². The smallest absolute Gasteiger partial charge is 0.154 e. The van der Waals surface area contributed by atoms with Gasteiger partial charge in [0.05, 0.1) is 12.8 Å². The van der Waals surface area contributed by atoms with Crippen LogP contribution in [-0.4, -0.2) is 17.8 Å². The molecule has 2 heterocycles. The van der Waals surface area contributed by atoms with Gasteiger partial charge in [0.25, 0.3) is 0 Å². The molecule has 136 valence electrons. The van der Waals surface area contributed by atoms with Crippen LogP contribution in [0.4, 0.5) is 5.69 Å². The van der Waals surface area contributed by atoms with Crippen LogP contribution in [0.5, 0.6) is 5.75 Å². The average Bonchev–Trinajstić information content (AvgIpc) is 2.89. The van der Waals surface area contributed by atoms with Gasteiger partial charge in [-0.1, -0.05) is 49.4 Å². The van der Waals surface area contributed by atoms with Gasteiger partial charge in [0, 0.05) is 29.3 Å². The van der Waals surface area contributed by atoms with Crippen LogP contribution < -0.4 is 10.1 Å². The van der Waals surface area contributed by atoms with E-state index in [1.165, 1.54) is 0 Å². The molecule has 0 fully saturated rings. The Kier molecular flexibility index (Phi) is 4.79. The highest BCUT2D eigenvalue weighted by atomic mass is 16.5. The van der Waals surface area contributed by atoms with Crippen LogP contribution in [0.25, 0.3) is 5.70 Å². The van der Waals surface area contributed by atoms with Crippen molar-refractivity contribution in [3.63, 3.8) is 0 Å². The van der Waals surface area contributed by atoms with Gasteiger partial charge in [-0.25, -0.2) is 4.99 Å². The molecular formula is C23H23N3O. The molecule has 2 aliphatic rings. The van der Waals surface area contributed by atoms with E-state index in [0.717, 1.165) is 40.7 Å². The van der Waals surface area contributed by atoms with Gasteiger partial charge in [-0.15, -0.1) is 0 Å². The summed E-state index contributed by atoms with van der Waals surface area (Å²) in [6, 6.07) is 18.3. The summed E-state index contributed by atoms with van der Waals surface area (Å²) >= 11 is 0. The van der Waals surface area contributed by atoms with E-state index in [4.69, 9.17) is 4.74 Å². The monoisotopic (exact) mass is 357 g/mol. The van der Waals surface area contributed by atoms with E-state index in [9.17, 15) is 0 Å². The lowest BCUT2D eigenvalue weighted by Gasteiger charge is -2.29. The highest BCUT2D eigenvalue weighted by Crippen LogP contribution is 2.33. The standard InChI is InChI=1S/C23H23N3O/c1-17-11-12-21-23(25-19-8-4-3-5-9-19)24-13-14-26(21)22(15-17)18-7-6-10-20(16-18)27-2/h3-10,12-17H,11H2,1-2H3,(H,24,25). The van der Waals surface area contributed by atoms with Gasteiger partial charge >= 0.3 is 0 Å². The lowest BCUT2D eigenvalue weighted by Crippen LogP contribution is -2.28. The van der Waals surface area contributed by atoms with Gasteiger partial charge in [0.1, 0.15) is 5.75 Å². The summed E-state index contributed by atoms with van der Waals surface area (Å²) in [6.45, 7) is 2.24. The maximum atomic E-state index is 5.43. The van der Waals surface area contributed by atoms with Crippen molar-refractivity contribution < 1.29 is 4.74 Å². The number of ether oxygens (including phenoxy) is 1. The number of hydrogen-bond acceptors (Lipinski definition) is 4. The van der Waals surface area contributed by atoms with Crippen molar-refractivity contribution in [2.24, 2.45) is 10.9 Å². The molecule has 0 amide bonds. The third-order valence-electron chi connectivity index (χ3n) is 4.71. The second-order valence-electron chi connectivity index (χ2n) is 6.72. The Hall–Kier alpha value is -3.27. The predicted octanol–water partition coefficient (Wildman–Crippen LogP) is 5.26. The molecule has 1 atom stereocenters. The fourth-order valence-electron chi connectivity index (χ4n) is 3.33. The summed E-state index contributed by atoms with van der Waals surface area (Å²) in [5.74, 6) is 2.13. The molecule has 0 spiro atoms. The molecular weight excluding hydrogens is 334 g/mol. The van der Waals surface area contributed by atoms with Crippen molar-refractivity contribution in [3.8, 4) is 5.75 Å². The first-order chi connectivity index (χ1) is 13.2. The van der Waals surface area contributed by atoms with Crippen molar-refractivity contribution in [1.82, 2.24) is 4.90 Å². The molecule has 1 unspecified atom stereocenters. The first-order valence-corrected chi connectivity index (χ1v) is 9.17. The molecule has 0 bridgehead atoms. The Bertz CT molecular complexity index is 941. The molecule has 4 heteroatoms. The van der Waals surface area contributed by atoms with Crippen LogP contribution in [0, 0.1) is 5.92 Å². The van der Waals surface area contributed by atoms with Gasteiger partial charge < -0.3 is 15.0 Å². The molecule has 1 N–H and O–H groups in total. The number of benzene rings is 2. The van der Waals surface area contributed by atoms with Crippen LogP contribution in [-0.2, 0) is 0 Å². The third kappa shape index (κ3) is 3.65. The maximum absolute atomic E-state index is 5.43. The fraction of sp³-hybridized carbons (Fsp3) is 0.174. The average molecular weight is 357 g/mol. The molecule has 4 rings (SSSR count). The number of anilines is 1. The lowest BCUT2D eigenvalue weighted by molar-refractivity contribution is 0.414. The minimum atomic E-state index is 0.427. The number of nitrogens with one attached hydrogen (secondary N) is 1. The number of amidine groups is 1. The Morgan fingerprint density at radius 3 is 2.74 bits per heavy atom. The normalized spacial score (nSPS) is 18.7. The van der Waals surface area contributed by atoms with E-state index < -0.39 is 0 Å². The van der Waals surface area contributed by atoms with Crippen molar-refractivity contribution in [3.05, 3.63) is 90.4 Å². The summed E-state index contributed by atoms with van der Waals surface area (Å²) < 4.78 is 5.43. The summed E-state index contributed by atoms with van der Waals surface area (Å²) in [6.07, 6.45) is 9.39. The number of rotatable bonds is 3. The van der Waals surface area contributed by atoms with E-state index in [1.807, 2.05) is 54.9 Å². The Balaban J connectivity index is 1.71. The Morgan fingerprint density at radius 1 is 1.07 bits per heavy atom. The second kappa shape index (κ2) is 7.54. The largest absolute Gasteiger partial charge is 0.497 e. The van der Waals surface area contributed by atoms with Crippen LogP contribution in [0.15, 0.2) is 89.8 Å². The highest BCUT2D eigenvalue weighted by Gasteiger charge is 2.24. The molecule has 0 saturated heterocycles. The molecule has 0 aromatic heterocycles. The van der Waals surface area contributed by atoms with E-state index in [0.29, 0.717) is 5.92 Å². The lowest BCUT2D eigenvalue weighted by atomic mass is 10.0. The van der Waals surface area contributed by atoms with Crippen molar-refractivity contribution in [2.45, 2.75) is 13.3 Å². The first-order valence-electron chi connectivity index (χ1n) is 9.17. The molecule has 0 saturated carbocycles. The van der Waals surface area contributed by atoms with Crippen molar-refractivity contribution >= 4 is 17.2 Å². The van der Waals surface area contributed by atoms with Crippen molar-refractivity contribution in [1.29, 1.82) is 0 Å². The minimum Gasteiger partial charge on any atom is -0.497 e. The van der Waals surface area contributed by atoms with Crippen LogP contribution >= 0.6 is 0 Å². The van der Waals surface area contributed by atoms with Gasteiger partial charge in [-0.3, -0.25) is 0 Å². The SMILES string of the molecule is COc1cccc(C2=CC(C)CC=C3C(Nc4ccccc4)=NC=CN32)c1. The van der Waals surface area contributed by atoms with Crippen LogP contribution in [0.2, 0.25) is 0 Å². The fourth-order valence-corrected chi connectivity index (χ4v) is 3.33. The van der Waals surface area contributed by atoms with Gasteiger partial charge in [-0.2, -0.15) is 0 Å².